The fourth-order valence-corrected chi connectivity index (χ4v) is 0.843. The molecule has 0 aliphatic carbocycles. The van der Waals surface area contributed by atoms with Crippen molar-refractivity contribution in [3.05, 3.63) is 12.7 Å². The van der Waals surface area contributed by atoms with Crippen molar-refractivity contribution in [3.8, 4) is 0 Å². The zero-order valence-electron chi connectivity index (χ0n) is 8.01. The van der Waals surface area contributed by atoms with Crippen LogP contribution >= 0.6 is 0 Å². The van der Waals surface area contributed by atoms with Crippen molar-refractivity contribution in [1.82, 2.24) is 15.0 Å². The van der Waals surface area contributed by atoms with E-state index in [1.54, 1.807) is 6.08 Å². The Bertz CT molecular complexity index is 315. The lowest BCUT2D eigenvalue weighted by Crippen LogP contribution is -2.33. The number of aromatic nitrogens is 3. The molecule has 0 saturated carbocycles. The summed E-state index contributed by atoms with van der Waals surface area (Å²) >= 11 is 0. The van der Waals surface area contributed by atoms with Gasteiger partial charge in [0.15, 0.2) is 0 Å². The summed E-state index contributed by atoms with van der Waals surface area (Å²) in [5, 5.41) is 1.27. The van der Waals surface area contributed by atoms with Crippen LogP contribution in [0.15, 0.2) is 12.7 Å². The van der Waals surface area contributed by atoms with Gasteiger partial charge < -0.3 is 0 Å². The third-order valence-corrected chi connectivity index (χ3v) is 1.46. The van der Waals surface area contributed by atoms with E-state index in [2.05, 4.69) is 32.4 Å². The zero-order chi connectivity index (χ0) is 11.3. The Kier molecular flexibility index (Phi) is 3.74. The minimum Gasteiger partial charge on any atom is -0.292 e. The van der Waals surface area contributed by atoms with Gasteiger partial charge in [-0.1, -0.05) is 6.08 Å². The number of hydrazine groups is 3. The first-order valence-electron chi connectivity index (χ1n) is 4.03. The van der Waals surface area contributed by atoms with Crippen molar-refractivity contribution in [1.29, 1.82) is 0 Å². The first kappa shape index (κ1) is 11.1. The van der Waals surface area contributed by atoms with Gasteiger partial charge in [-0.15, -0.1) is 6.58 Å². The highest BCUT2D eigenvalue weighted by molar-refractivity contribution is 5.42. The predicted molar refractivity (Wildman–Crippen MR) is 57.2 cm³/mol. The summed E-state index contributed by atoms with van der Waals surface area (Å²) in [4.78, 5) is 11.6. The molecule has 1 aromatic rings. The maximum absolute atomic E-state index is 5.62. The third kappa shape index (κ3) is 2.74. The van der Waals surface area contributed by atoms with Crippen LogP contribution in [0, 0.1) is 0 Å². The number of hydrogen-bond donors (Lipinski definition) is 5. The second-order valence-corrected chi connectivity index (χ2v) is 2.51. The molecular formula is C6H13N9. The van der Waals surface area contributed by atoms with Crippen LogP contribution in [0.1, 0.15) is 0 Å². The van der Waals surface area contributed by atoms with E-state index in [0.717, 1.165) is 0 Å². The van der Waals surface area contributed by atoms with Crippen LogP contribution in [0.5, 0.6) is 0 Å². The average Bonchev–Trinajstić information content (AvgIpc) is 2.28. The minimum atomic E-state index is 0.160. The standard InChI is InChI=1S/C6H13N9/c1-2-3-15(9)6-11-4(13-7)10-5(12-6)14-8/h2H,1,3,7-9H2,(H2,10,11,12,13,14). The van der Waals surface area contributed by atoms with Gasteiger partial charge in [-0.2, -0.15) is 15.0 Å². The Morgan fingerprint density at radius 2 is 1.73 bits per heavy atom. The van der Waals surface area contributed by atoms with Crippen LogP contribution in [0.3, 0.4) is 0 Å². The van der Waals surface area contributed by atoms with Crippen LogP contribution in [-0.2, 0) is 0 Å². The van der Waals surface area contributed by atoms with Crippen LogP contribution in [0.4, 0.5) is 17.8 Å². The van der Waals surface area contributed by atoms with Gasteiger partial charge in [0.1, 0.15) is 0 Å². The predicted octanol–water partition coefficient (Wildman–Crippen LogP) is -1.69. The normalized spacial score (nSPS) is 9.53. The molecule has 9 heteroatoms. The van der Waals surface area contributed by atoms with Gasteiger partial charge in [-0.3, -0.25) is 15.9 Å². The van der Waals surface area contributed by atoms with E-state index in [1.807, 2.05) is 0 Å². The molecule has 0 atom stereocenters. The van der Waals surface area contributed by atoms with E-state index in [0.29, 0.717) is 6.54 Å². The van der Waals surface area contributed by atoms with Crippen molar-refractivity contribution in [2.75, 3.05) is 22.4 Å². The molecule has 0 unspecified atom stereocenters. The summed E-state index contributed by atoms with van der Waals surface area (Å²) in [5.41, 5.74) is 4.55. The van der Waals surface area contributed by atoms with E-state index >= 15 is 0 Å². The van der Waals surface area contributed by atoms with E-state index < -0.39 is 0 Å². The van der Waals surface area contributed by atoms with Gasteiger partial charge in [-0.05, 0) is 0 Å². The first-order valence-corrected chi connectivity index (χ1v) is 4.03. The number of anilines is 3. The summed E-state index contributed by atoms with van der Waals surface area (Å²) in [6.45, 7) is 3.92. The second-order valence-electron chi connectivity index (χ2n) is 2.51. The lowest BCUT2D eigenvalue weighted by atomic mass is 10.6. The molecule has 1 heterocycles. The molecule has 0 fully saturated rings. The number of rotatable bonds is 5. The number of hydrogen-bond acceptors (Lipinski definition) is 9. The van der Waals surface area contributed by atoms with Crippen molar-refractivity contribution in [2.45, 2.75) is 0 Å². The van der Waals surface area contributed by atoms with Crippen LogP contribution in [0.2, 0.25) is 0 Å². The van der Waals surface area contributed by atoms with Gasteiger partial charge in [0.05, 0.1) is 6.54 Å². The highest BCUT2D eigenvalue weighted by Crippen LogP contribution is 2.09. The van der Waals surface area contributed by atoms with E-state index in [9.17, 15) is 0 Å². The molecule has 0 radical (unpaired) electrons. The molecule has 0 spiro atoms. The SMILES string of the molecule is C=CCN(N)c1nc(NN)nc(NN)n1. The van der Waals surface area contributed by atoms with E-state index in [-0.39, 0.29) is 17.8 Å². The maximum atomic E-state index is 5.62. The van der Waals surface area contributed by atoms with Crippen molar-refractivity contribution < 1.29 is 0 Å². The molecule has 0 saturated heterocycles. The maximum Gasteiger partial charge on any atom is 0.246 e. The van der Waals surface area contributed by atoms with Crippen LogP contribution in [-0.4, -0.2) is 21.5 Å². The smallest absolute Gasteiger partial charge is 0.246 e. The lowest BCUT2D eigenvalue weighted by molar-refractivity contribution is 0.859. The molecule has 0 aliphatic rings. The molecule has 0 bridgehead atoms. The lowest BCUT2D eigenvalue weighted by Gasteiger charge is -2.15. The summed E-state index contributed by atoms with van der Waals surface area (Å²) < 4.78 is 0. The number of nitrogen functional groups attached to an aromatic ring is 2. The fraction of sp³-hybridized carbons (Fsp3) is 0.167. The van der Waals surface area contributed by atoms with Crippen molar-refractivity contribution in [3.63, 3.8) is 0 Å². The first-order chi connectivity index (χ1) is 7.21. The van der Waals surface area contributed by atoms with Gasteiger partial charge in [0, 0.05) is 0 Å². The highest BCUT2D eigenvalue weighted by Gasteiger charge is 2.08. The highest BCUT2D eigenvalue weighted by atomic mass is 15.5. The average molecular weight is 211 g/mol. The second kappa shape index (κ2) is 5.05. The molecule has 1 aromatic heterocycles. The molecule has 1 rings (SSSR count). The zero-order valence-corrected chi connectivity index (χ0v) is 8.01. The third-order valence-electron chi connectivity index (χ3n) is 1.46. The molecule has 8 N–H and O–H groups in total. The molecule has 0 amide bonds. The minimum absolute atomic E-state index is 0.160. The van der Waals surface area contributed by atoms with Crippen LogP contribution in [0.25, 0.3) is 0 Å². The van der Waals surface area contributed by atoms with Crippen molar-refractivity contribution >= 4 is 17.8 Å². The Morgan fingerprint density at radius 3 is 2.13 bits per heavy atom. The number of nitrogens with one attached hydrogen (secondary N) is 2. The van der Waals surface area contributed by atoms with Crippen LogP contribution < -0.4 is 33.4 Å². The molecule has 82 valence electrons. The Labute approximate surface area is 86.3 Å². The molecular weight excluding hydrogens is 198 g/mol. The topological polar surface area (TPSA) is 144 Å². The number of nitrogens with two attached hydrogens (primary N) is 3. The molecule has 0 aromatic carbocycles. The summed E-state index contributed by atoms with van der Waals surface area (Å²) in [5.74, 6) is 16.5. The summed E-state index contributed by atoms with van der Waals surface area (Å²) in [6.07, 6.45) is 1.61. The quantitative estimate of drug-likeness (QED) is 0.219. The fourth-order valence-electron chi connectivity index (χ4n) is 0.843. The van der Waals surface area contributed by atoms with Gasteiger partial charge in [-0.25, -0.2) is 17.5 Å². The van der Waals surface area contributed by atoms with E-state index in [1.165, 1.54) is 5.01 Å². The Hall–Kier alpha value is -1.97. The van der Waals surface area contributed by atoms with Gasteiger partial charge in [0.2, 0.25) is 17.8 Å². The monoisotopic (exact) mass is 211 g/mol. The summed E-state index contributed by atoms with van der Waals surface area (Å²) in [7, 11) is 0. The van der Waals surface area contributed by atoms with Gasteiger partial charge in [0.25, 0.3) is 0 Å². The molecule has 0 aliphatic heterocycles. The number of nitrogens with zero attached hydrogens (tertiary/aromatic N) is 4. The van der Waals surface area contributed by atoms with Crippen molar-refractivity contribution in [2.24, 2.45) is 17.5 Å². The Balaban J connectivity index is 3.00. The van der Waals surface area contributed by atoms with E-state index in [4.69, 9.17) is 17.5 Å². The Morgan fingerprint density at radius 1 is 1.20 bits per heavy atom. The summed E-state index contributed by atoms with van der Waals surface area (Å²) in [6, 6.07) is 0. The van der Waals surface area contributed by atoms with Gasteiger partial charge >= 0.3 is 0 Å². The molecule has 9 nitrogen and oxygen atoms in total. The largest absolute Gasteiger partial charge is 0.292 e. The molecule has 15 heavy (non-hydrogen) atoms.